The standard InChI is InChI=1S/C24H32N2O4/c1-14(2)21(26-22(27)16-9-7-8-10-19(16)29-6)23(28)25-18-12-24(4,5)13-20-17(18)11-15(3)30-20/h7-11,14,18,21H,12-13H2,1-6H3,(H,25,28)(H,26,27). The molecular weight excluding hydrogens is 380 g/mol. The topological polar surface area (TPSA) is 80.6 Å². The summed E-state index contributed by atoms with van der Waals surface area (Å²) in [5.74, 6) is 1.66. The molecule has 1 aromatic heterocycles. The van der Waals surface area contributed by atoms with Gasteiger partial charge in [0.05, 0.1) is 18.7 Å². The number of hydrogen-bond donors (Lipinski definition) is 2. The van der Waals surface area contributed by atoms with Gasteiger partial charge in [0.1, 0.15) is 23.3 Å². The van der Waals surface area contributed by atoms with Crippen molar-refractivity contribution in [1.82, 2.24) is 10.6 Å². The summed E-state index contributed by atoms with van der Waals surface area (Å²) in [5, 5.41) is 6.06. The summed E-state index contributed by atoms with van der Waals surface area (Å²) in [6, 6.07) is 8.20. The van der Waals surface area contributed by atoms with Crippen LogP contribution in [0.25, 0.3) is 0 Å². The summed E-state index contributed by atoms with van der Waals surface area (Å²) in [5.41, 5.74) is 1.46. The van der Waals surface area contributed by atoms with Crippen LogP contribution in [0.1, 0.15) is 67.6 Å². The van der Waals surface area contributed by atoms with E-state index in [0.717, 1.165) is 29.9 Å². The molecule has 2 atom stereocenters. The van der Waals surface area contributed by atoms with Crippen molar-refractivity contribution >= 4 is 11.8 Å². The van der Waals surface area contributed by atoms with Gasteiger partial charge in [0.25, 0.3) is 5.91 Å². The molecule has 3 rings (SSSR count). The van der Waals surface area contributed by atoms with E-state index < -0.39 is 6.04 Å². The van der Waals surface area contributed by atoms with Gasteiger partial charge in [0.15, 0.2) is 0 Å². The number of ether oxygens (including phenoxy) is 1. The van der Waals surface area contributed by atoms with Gasteiger partial charge in [0, 0.05) is 12.0 Å². The molecule has 2 N–H and O–H groups in total. The van der Waals surface area contributed by atoms with E-state index in [1.165, 1.54) is 7.11 Å². The second-order valence-corrected chi connectivity index (χ2v) is 9.24. The first kappa shape index (κ1) is 21.9. The predicted octanol–water partition coefficient (Wildman–Crippen LogP) is 4.18. The first-order valence-electron chi connectivity index (χ1n) is 10.4. The summed E-state index contributed by atoms with van der Waals surface area (Å²) in [7, 11) is 1.52. The van der Waals surface area contributed by atoms with Crippen LogP contribution in [-0.2, 0) is 11.2 Å². The van der Waals surface area contributed by atoms with Crippen molar-refractivity contribution in [2.45, 2.75) is 59.5 Å². The highest BCUT2D eigenvalue weighted by Crippen LogP contribution is 2.42. The fourth-order valence-corrected chi connectivity index (χ4v) is 4.16. The number of fused-ring (bicyclic) bond motifs is 1. The van der Waals surface area contributed by atoms with Gasteiger partial charge < -0.3 is 19.8 Å². The summed E-state index contributed by atoms with van der Waals surface area (Å²) in [4.78, 5) is 26.1. The fraction of sp³-hybridized carbons (Fsp3) is 0.500. The first-order valence-corrected chi connectivity index (χ1v) is 10.4. The minimum absolute atomic E-state index is 0.0171. The van der Waals surface area contributed by atoms with E-state index in [2.05, 4.69) is 24.5 Å². The zero-order chi connectivity index (χ0) is 22.1. The third-order valence-electron chi connectivity index (χ3n) is 5.64. The quantitative estimate of drug-likeness (QED) is 0.746. The van der Waals surface area contributed by atoms with E-state index in [4.69, 9.17) is 9.15 Å². The molecule has 0 spiro atoms. The number of amides is 2. The maximum Gasteiger partial charge on any atom is 0.255 e. The maximum atomic E-state index is 13.2. The fourth-order valence-electron chi connectivity index (χ4n) is 4.16. The molecule has 162 valence electrons. The van der Waals surface area contributed by atoms with Gasteiger partial charge in [-0.3, -0.25) is 9.59 Å². The predicted molar refractivity (Wildman–Crippen MR) is 116 cm³/mol. The molecule has 0 bridgehead atoms. The number of nitrogens with one attached hydrogen (secondary N) is 2. The highest BCUT2D eigenvalue weighted by atomic mass is 16.5. The minimum Gasteiger partial charge on any atom is -0.496 e. The molecule has 2 aromatic rings. The largest absolute Gasteiger partial charge is 0.496 e. The molecule has 2 amide bonds. The lowest BCUT2D eigenvalue weighted by Gasteiger charge is -2.35. The van der Waals surface area contributed by atoms with Gasteiger partial charge in [0.2, 0.25) is 5.91 Å². The lowest BCUT2D eigenvalue weighted by atomic mass is 9.74. The van der Waals surface area contributed by atoms with E-state index in [1.807, 2.05) is 26.8 Å². The third-order valence-corrected chi connectivity index (χ3v) is 5.64. The maximum absolute atomic E-state index is 13.2. The molecule has 6 heteroatoms. The van der Waals surface area contributed by atoms with Crippen molar-refractivity contribution in [3.8, 4) is 5.75 Å². The molecule has 1 aliphatic rings. The third kappa shape index (κ3) is 4.69. The Hall–Kier alpha value is -2.76. The van der Waals surface area contributed by atoms with Crippen molar-refractivity contribution in [2.75, 3.05) is 7.11 Å². The molecule has 6 nitrogen and oxygen atoms in total. The number of carbonyl (C=O) groups excluding carboxylic acids is 2. The molecule has 0 radical (unpaired) electrons. The van der Waals surface area contributed by atoms with Crippen LogP contribution in [0.2, 0.25) is 0 Å². The number of hydrogen-bond acceptors (Lipinski definition) is 4. The van der Waals surface area contributed by atoms with Crippen LogP contribution in [0.3, 0.4) is 0 Å². The average Bonchev–Trinajstić information content (AvgIpc) is 3.04. The Kier molecular flexibility index (Phi) is 6.25. The van der Waals surface area contributed by atoms with Crippen LogP contribution in [-0.4, -0.2) is 25.0 Å². The average molecular weight is 413 g/mol. The molecule has 0 fully saturated rings. The van der Waals surface area contributed by atoms with E-state index in [1.54, 1.807) is 24.3 Å². The van der Waals surface area contributed by atoms with Crippen LogP contribution in [0, 0.1) is 18.3 Å². The first-order chi connectivity index (χ1) is 14.1. The van der Waals surface area contributed by atoms with Crippen LogP contribution < -0.4 is 15.4 Å². The van der Waals surface area contributed by atoms with Crippen molar-refractivity contribution < 1.29 is 18.7 Å². The number of para-hydroxylation sites is 1. The number of carbonyl (C=O) groups is 2. The SMILES string of the molecule is COc1ccccc1C(=O)NC(C(=O)NC1CC(C)(C)Cc2oc(C)cc21)C(C)C. The normalized spacial score (nSPS) is 18.4. The molecular formula is C24H32N2O4. The smallest absolute Gasteiger partial charge is 0.255 e. The molecule has 1 heterocycles. The number of methoxy groups -OCH3 is 1. The number of rotatable bonds is 6. The number of benzene rings is 1. The Balaban J connectivity index is 1.79. The lowest BCUT2D eigenvalue weighted by Crippen LogP contribution is -2.51. The van der Waals surface area contributed by atoms with Crippen LogP contribution in [0.15, 0.2) is 34.7 Å². The van der Waals surface area contributed by atoms with Gasteiger partial charge in [-0.15, -0.1) is 0 Å². The van der Waals surface area contributed by atoms with Gasteiger partial charge >= 0.3 is 0 Å². The zero-order valence-corrected chi connectivity index (χ0v) is 18.7. The Bertz CT molecular complexity index is 929. The molecule has 0 saturated heterocycles. The zero-order valence-electron chi connectivity index (χ0n) is 18.7. The van der Waals surface area contributed by atoms with E-state index in [9.17, 15) is 9.59 Å². The molecule has 0 saturated carbocycles. The van der Waals surface area contributed by atoms with E-state index >= 15 is 0 Å². The van der Waals surface area contributed by atoms with Crippen molar-refractivity contribution in [3.05, 3.63) is 53.0 Å². The monoisotopic (exact) mass is 412 g/mol. The van der Waals surface area contributed by atoms with Crippen molar-refractivity contribution in [1.29, 1.82) is 0 Å². The summed E-state index contributed by atoms with van der Waals surface area (Å²) < 4.78 is 11.2. The Morgan fingerprint density at radius 2 is 1.93 bits per heavy atom. The van der Waals surface area contributed by atoms with Crippen LogP contribution in [0.5, 0.6) is 5.75 Å². The Labute approximate surface area is 178 Å². The van der Waals surface area contributed by atoms with Gasteiger partial charge in [-0.2, -0.15) is 0 Å². The van der Waals surface area contributed by atoms with Gasteiger partial charge in [-0.25, -0.2) is 0 Å². The van der Waals surface area contributed by atoms with Crippen LogP contribution >= 0.6 is 0 Å². The lowest BCUT2D eigenvalue weighted by molar-refractivity contribution is -0.125. The molecule has 2 unspecified atom stereocenters. The highest BCUT2D eigenvalue weighted by molar-refractivity contribution is 5.99. The second-order valence-electron chi connectivity index (χ2n) is 9.24. The Morgan fingerprint density at radius 1 is 1.23 bits per heavy atom. The van der Waals surface area contributed by atoms with Gasteiger partial charge in [-0.05, 0) is 42.9 Å². The molecule has 0 aliphatic heterocycles. The number of furan rings is 1. The second kappa shape index (κ2) is 8.54. The minimum atomic E-state index is -0.663. The molecule has 1 aliphatic carbocycles. The van der Waals surface area contributed by atoms with E-state index in [0.29, 0.717) is 11.3 Å². The summed E-state index contributed by atoms with van der Waals surface area (Å²) in [6.45, 7) is 10.1. The number of aryl methyl sites for hydroxylation is 1. The van der Waals surface area contributed by atoms with E-state index in [-0.39, 0.29) is 29.2 Å². The van der Waals surface area contributed by atoms with Gasteiger partial charge in [-0.1, -0.05) is 39.8 Å². The summed E-state index contributed by atoms with van der Waals surface area (Å²) in [6.07, 6.45) is 1.66. The molecule has 30 heavy (non-hydrogen) atoms. The van der Waals surface area contributed by atoms with Crippen LogP contribution in [0.4, 0.5) is 0 Å². The van der Waals surface area contributed by atoms with Crippen molar-refractivity contribution in [2.24, 2.45) is 11.3 Å². The summed E-state index contributed by atoms with van der Waals surface area (Å²) >= 11 is 0. The molecule has 1 aromatic carbocycles. The Morgan fingerprint density at radius 3 is 2.60 bits per heavy atom. The van der Waals surface area contributed by atoms with Crippen molar-refractivity contribution in [3.63, 3.8) is 0 Å². The highest BCUT2D eigenvalue weighted by Gasteiger charge is 2.37.